The first-order valence-electron chi connectivity index (χ1n) is 9.83. The summed E-state index contributed by atoms with van der Waals surface area (Å²) in [6.07, 6.45) is 0. The predicted molar refractivity (Wildman–Crippen MR) is 111 cm³/mol. The summed E-state index contributed by atoms with van der Waals surface area (Å²) in [7, 11) is 0. The van der Waals surface area contributed by atoms with E-state index in [4.69, 9.17) is 18.9 Å². The number of fused-ring (bicyclic) bond motifs is 1. The van der Waals surface area contributed by atoms with Gasteiger partial charge < -0.3 is 36.7 Å². The molecule has 0 fully saturated rings. The van der Waals surface area contributed by atoms with Crippen LogP contribution in [0.2, 0.25) is 0 Å². The van der Waals surface area contributed by atoms with Crippen molar-refractivity contribution in [1.29, 1.82) is 0 Å². The van der Waals surface area contributed by atoms with Crippen molar-refractivity contribution < 1.29 is 31.4 Å². The second-order valence-electron chi connectivity index (χ2n) is 6.78. The fraction of sp³-hybridized carbons (Fsp3) is 0.250. The van der Waals surface area contributed by atoms with Crippen LogP contribution < -0.4 is 36.7 Å². The summed E-state index contributed by atoms with van der Waals surface area (Å²) in [5.41, 5.74) is 3.42. The number of benzene rings is 3. The molecule has 1 heterocycles. The van der Waals surface area contributed by atoms with E-state index in [0.717, 1.165) is 52.8 Å². The molecule has 0 unspecified atom stereocenters. The highest BCUT2D eigenvalue weighted by Gasteiger charge is 2.13. The van der Waals surface area contributed by atoms with Crippen LogP contribution in [-0.2, 0) is 19.7 Å². The lowest BCUT2D eigenvalue weighted by molar-refractivity contribution is -0.00000818. The molecule has 1 aliphatic rings. The van der Waals surface area contributed by atoms with Gasteiger partial charge in [-0.2, -0.15) is 0 Å². The Morgan fingerprint density at radius 1 is 0.767 bits per heavy atom. The summed E-state index contributed by atoms with van der Waals surface area (Å²) in [5, 5.41) is 3.46. The highest BCUT2D eigenvalue weighted by Crippen LogP contribution is 2.32. The summed E-state index contributed by atoms with van der Waals surface area (Å²) < 4.78 is 22.6. The van der Waals surface area contributed by atoms with Gasteiger partial charge in [0.1, 0.15) is 6.61 Å². The fourth-order valence-electron chi connectivity index (χ4n) is 3.19. The van der Waals surface area contributed by atoms with E-state index in [1.165, 1.54) is 0 Å². The third-order valence-electron chi connectivity index (χ3n) is 4.64. The van der Waals surface area contributed by atoms with Crippen molar-refractivity contribution in [3.05, 3.63) is 83.4 Å². The molecule has 3 aromatic carbocycles. The summed E-state index contributed by atoms with van der Waals surface area (Å²) in [4.78, 5) is 0. The fourth-order valence-corrected chi connectivity index (χ4v) is 3.19. The molecule has 0 radical (unpaired) electrons. The summed E-state index contributed by atoms with van der Waals surface area (Å²) in [5.74, 6) is 3.14. The summed E-state index contributed by atoms with van der Waals surface area (Å²) >= 11 is 0. The molecule has 0 atom stereocenters. The zero-order valence-electron chi connectivity index (χ0n) is 16.9. The van der Waals surface area contributed by atoms with Crippen molar-refractivity contribution in [3.63, 3.8) is 0 Å². The number of hydrogen-bond acceptors (Lipinski definition) is 5. The van der Waals surface area contributed by atoms with E-state index < -0.39 is 0 Å². The first-order chi connectivity index (χ1) is 14.3. The minimum atomic E-state index is 0. The molecule has 0 amide bonds. The topological polar surface area (TPSA) is 49.0 Å². The second-order valence-corrected chi connectivity index (χ2v) is 6.78. The minimum absolute atomic E-state index is 0. The van der Waals surface area contributed by atoms with Gasteiger partial charge in [0, 0.05) is 13.1 Å². The van der Waals surface area contributed by atoms with Crippen molar-refractivity contribution >= 4 is 0 Å². The molecule has 3 aromatic rings. The molecule has 4 rings (SSSR count). The highest BCUT2D eigenvalue weighted by atomic mass is 35.5. The Morgan fingerprint density at radius 2 is 1.50 bits per heavy atom. The van der Waals surface area contributed by atoms with Gasteiger partial charge in [-0.1, -0.05) is 42.5 Å². The maximum Gasteiger partial charge on any atom is 0.231 e. The van der Waals surface area contributed by atoms with Crippen LogP contribution in [0.15, 0.2) is 66.7 Å². The minimum Gasteiger partial charge on any atom is -1.00 e. The van der Waals surface area contributed by atoms with Crippen LogP contribution in [0.3, 0.4) is 0 Å². The lowest BCUT2D eigenvalue weighted by atomic mass is 10.1. The zero-order valence-corrected chi connectivity index (χ0v) is 17.7. The average Bonchev–Trinajstić information content (AvgIpc) is 3.22. The Morgan fingerprint density at radius 3 is 2.30 bits per heavy atom. The van der Waals surface area contributed by atoms with Gasteiger partial charge >= 0.3 is 0 Å². The van der Waals surface area contributed by atoms with Crippen LogP contribution in [0.4, 0.5) is 0 Å². The molecular weight excluding hydrogens is 402 g/mol. The molecular formula is C24H25ClNO4-. The molecule has 6 heteroatoms. The van der Waals surface area contributed by atoms with Crippen LogP contribution in [0.5, 0.6) is 23.0 Å². The Hall–Kier alpha value is -2.89. The molecule has 158 valence electrons. The van der Waals surface area contributed by atoms with Crippen molar-refractivity contribution in [2.24, 2.45) is 0 Å². The Labute approximate surface area is 183 Å². The monoisotopic (exact) mass is 426 g/mol. The van der Waals surface area contributed by atoms with Crippen LogP contribution >= 0.6 is 0 Å². The molecule has 1 aliphatic heterocycles. The molecule has 0 saturated carbocycles. The van der Waals surface area contributed by atoms with Gasteiger partial charge in [-0.15, -0.1) is 0 Å². The van der Waals surface area contributed by atoms with Crippen molar-refractivity contribution in [3.8, 4) is 23.0 Å². The Balaban J connectivity index is 0.00000256. The maximum absolute atomic E-state index is 5.98. The smallest absolute Gasteiger partial charge is 0.231 e. The van der Waals surface area contributed by atoms with E-state index in [0.29, 0.717) is 20.0 Å². The van der Waals surface area contributed by atoms with Gasteiger partial charge in [-0.3, -0.25) is 0 Å². The molecule has 30 heavy (non-hydrogen) atoms. The molecule has 0 aromatic heterocycles. The summed E-state index contributed by atoms with van der Waals surface area (Å²) in [6.45, 7) is 4.86. The van der Waals surface area contributed by atoms with E-state index >= 15 is 0 Å². The van der Waals surface area contributed by atoms with Gasteiger partial charge in [0.25, 0.3) is 0 Å². The number of ether oxygens (including phenoxy) is 4. The zero-order chi connectivity index (χ0) is 19.9. The molecule has 5 nitrogen and oxygen atoms in total. The number of rotatable bonds is 9. The lowest BCUT2D eigenvalue weighted by Crippen LogP contribution is -3.00. The van der Waals surface area contributed by atoms with Gasteiger partial charge in [-0.25, -0.2) is 0 Å². The first kappa shape index (κ1) is 21.8. The highest BCUT2D eigenvalue weighted by molar-refractivity contribution is 5.45. The van der Waals surface area contributed by atoms with Crippen LogP contribution in [-0.4, -0.2) is 13.4 Å². The third kappa shape index (κ3) is 5.59. The largest absolute Gasteiger partial charge is 1.00 e. The Bertz CT molecular complexity index is 949. The maximum atomic E-state index is 5.98. The van der Waals surface area contributed by atoms with Gasteiger partial charge in [-0.05, 0) is 47.9 Å². The van der Waals surface area contributed by atoms with E-state index in [2.05, 4.69) is 23.5 Å². The quantitative estimate of drug-likeness (QED) is 0.564. The molecule has 0 aliphatic carbocycles. The average molecular weight is 427 g/mol. The third-order valence-corrected chi connectivity index (χ3v) is 4.64. The van der Waals surface area contributed by atoms with E-state index in [9.17, 15) is 0 Å². The van der Waals surface area contributed by atoms with Crippen LogP contribution in [0.25, 0.3) is 0 Å². The first-order valence-corrected chi connectivity index (χ1v) is 9.83. The van der Waals surface area contributed by atoms with Crippen molar-refractivity contribution in [1.82, 2.24) is 5.32 Å². The standard InChI is InChI=1S/C24H25NO4.ClH/c1-2-26-23-12-19(8-10-21(23)27-16-18-6-4-3-5-7-18)14-25-15-20-9-11-22-24(13-20)29-17-28-22;/h3-13,25H,2,14-17H2,1H3;1H/p-1. The normalized spacial score (nSPS) is 11.6. The molecule has 0 bridgehead atoms. The number of halogens is 1. The molecule has 1 N–H and O–H groups in total. The SMILES string of the molecule is CCOc1cc(CNCc2ccc3c(c2)OCO3)ccc1OCc1ccccc1.[Cl-]. The number of nitrogens with one attached hydrogen (secondary N) is 1. The van der Waals surface area contributed by atoms with Gasteiger partial charge in [0.05, 0.1) is 6.61 Å². The van der Waals surface area contributed by atoms with E-state index in [-0.39, 0.29) is 12.4 Å². The van der Waals surface area contributed by atoms with Crippen molar-refractivity contribution in [2.45, 2.75) is 26.6 Å². The molecule has 0 spiro atoms. The Kier molecular flexibility index (Phi) is 7.82. The number of hydrogen-bond donors (Lipinski definition) is 1. The summed E-state index contributed by atoms with van der Waals surface area (Å²) in [6, 6.07) is 22.2. The van der Waals surface area contributed by atoms with Crippen molar-refractivity contribution in [2.75, 3.05) is 13.4 Å². The van der Waals surface area contributed by atoms with E-state index in [1.54, 1.807) is 0 Å². The molecule has 0 saturated heterocycles. The lowest BCUT2D eigenvalue weighted by Gasteiger charge is -2.14. The predicted octanol–water partition coefficient (Wildman–Crippen LogP) is 1.69. The van der Waals surface area contributed by atoms with Gasteiger partial charge in [0.2, 0.25) is 6.79 Å². The van der Waals surface area contributed by atoms with Gasteiger partial charge in [0.15, 0.2) is 23.0 Å². The van der Waals surface area contributed by atoms with E-state index in [1.807, 2.05) is 55.5 Å². The second kappa shape index (κ2) is 10.8. The van der Waals surface area contributed by atoms with Crippen LogP contribution in [0.1, 0.15) is 23.6 Å². The van der Waals surface area contributed by atoms with Crippen LogP contribution in [0, 0.1) is 0 Å².